The Morgan fingerprint density at radius 2 is 2.00 bits per heavy atom. The molecule has 0 saturated carbocycles. The highest BCUT2D eigenvalue weighted by Crippen LogP contribution is 2.31. The predicted octanol–water partition coefficient (Wildman–Crippen LogP) is 2.33. The SMILES string of the molecule is COc1cccc(OC)c1C(=O)N1CC(CBr)OCC1C. The Bertz CT molecular complexity index is 486. The summed E-state index contributed by atoms with van der Waals surface area (Å²) in [6.45, 7) is 3.05. The Hall–Kier alpha value is -1.27. The van der Waals surface area contributed by atoms with Crippen LogP contribution in [0.15, 0.2) is 18.2 Å². The van der Waals surface area contributed by atoms with Gasteiger partial charge in [0, 0.05) is 11.9 Å². The third-order valence-corrected chi connectivity index (χ3v) is 4.30. The monoisotopic (exact) mass is 357 g/mol. The van der Waals surface area contributed by atoms with Crippen molar-refractivity contribution in [2.24, 2.45) is 0 Å². The molecule has 1 saturated heterocycles. The zero-order chi connectivity index (χ0) is 15.4. The number of alkyl halides is 1. The molecule has 5 nitrogen and oxygen atoms in total. The first kappa shape index (κ1) is 16.1. The van der Waals surface area contributed by atoms with E-state index >= 15 is 0 Å². The van der Waals surface area contributed by atoms with E-state index in [1.165, 1.54) is 0 Å². The minimum Gasteiger partial charge on any atom is -0.496 e. The molecule has 1 aliphatic heterocycles. The Labute approximate surface area is 133 Å². The van der Waals surface area contributed by atoms with Gasteiger partial charge in [0.25, 0.3) is 5.91 Å². The number of carbonyl (C=O) groups excluding carboxylic acids is 1. The van der Waals surface area contributed by atoms with Crippen molar-refractivity contribution < 1.29 is 19.0 Å². The number of carbonyl (C=O) groups is 1. The summed E-state index contributed by atoms with van der Waals surface area (Å²) in [5, 5.41) is 0.701. The molecule has 1 aliphatic rings. The number of morpholine rings is 1. The second kappa shape index (κ2) is 7.13. The van der Waals surface area contributed by atoms with Gasteiger partial charge in [0.1, 0.15) is 17.1 Å². The smallest absolute Gasteiger partial charge is 0.261 e. The van der Waals surface area contributed by atoms with Crippen molar-refractivity contribution in [3.63, 3.8) is 0 Å². The Kier molecular flexibility index (Phi) is 5.47. The fourth-order valence-electron chi connectivity index (χ4n) is 2.40. The van der Waals surface area contributed by atoms with E-state index in [1.807, 2.05) is 11.8 Å². The number of rotatable bonds is 4. The molecular formula is C15H20BrNO4. The van der Waals surface area contributed by atoms with Gasteiger partial charge in [0.05, 0.1) is 33.0 Å². The molecule has 0 N–H and O–H groups in total. The number of nitrogens with zero attached hydrogens (tertiary/aromatic N) is 1. The van der Waals surface area contributed by atoms with E-state index in [1.54, 1.807) is 32.4 Å². The summed E-state index contributed by atoms with van der Waals surface area (Å²) in [6, 6.07) is 5.35. The van der Waals surface area contributed by atoms with Gasteiger partial charge in [-0.25, -0.2) is 0 Å². The van der Waals surface area contributed by atoms with E-state index in [-0.39, 0.29) is 18.1 Å². The van der Waals surface area contributed by atoms with Crippen LogP contribution < -0.4 is 9.47 Å². The topological polar surface area (TPSA) is 48.0 Å². The van der Waals surface area contributed by atoms with Gasteiger partial charge < -0.3 is 19.1 Å². The minimum absolute atomic E-state index is 0.00542. The lowest BCUT2D eigenvalue weighted by Gasteiger charge is -2.37. The molecule has 116 valence electrons. The normalized spacial score (nSPS) is 22.0. The fraction of sp³-hybridized carbons (Fsp3) is 0.533. The molecule has 0 radical (unpaired) electrons. The van der Waals surface area contributed by atoms with Crippen molar-refractivity contribution in [3.05, 3.63) is 23.8 Å². The number of halogens is 1. The summed E-state index contributed by atoms with van der Waals surface area (Å²) in [4.78, 5) is 14.7. The van der Waals surface area contributed by atoms with Crippen molar-refractivity contribution >= 4 is 21.8 Å². The Morgan fingerprint density at radius 3 is 2.52 bits per heavy atom. The standard InChI is InChI=1S/C15H20BrNO4/c1-10-9-21-11(7-16)8-17(10)15(18)14-12(19-2)5-4-6-13(14)20-3/h4-6,10-11H,7-9H2,1-3H3. The van der Waals surface area contributed by atoms with Gasteiger partial charge in [-0.2, -0.15) is 0 Å². The van der Waals surface area contributed by atoms with Crippen molar-refractivity contribution in [3.8, 4) is 11.5 Å². The van der Waals surface area contributed by atoms with Crippen molar-refractivity contribution in [1.29, 1.82) is 0 Å². The highest BCUT2D eigenvalue weighted by atomic mass is 79.9. The number of amides is 1. The molecular weight excluding hydrogens is 338 g/mol. The van der Waals surface area contributed by atoms with Crippen LogP contribution in [0.3, 0.4) is 0 Å². The number of benzene rings is 1. The van der Waals surface area contributed by atoms with E-state index in [2.05, 4.69) is 15.9 Å². The molecule has 0 bridgehead atoms. The predicted molar refractivity (Wildman–Crippen MR) is 83.6 cm³/mol. The van der Waals surface area contributed by atoms with Gasteiger partial charge in [0.15, 0.2) is 0 Å². The van der Waals surface area contributed by atoms with Crippen LogP contribution in [0, 0.1) is 0 Å². The summed E-state index contributed by atoms with van der Waals surface area (Å²) in [5.41, 5.74) is 0.463. The Morgan fingerprint density at radius 1 is 1.38 bits per heavy atom. The number of hydrogen-bond acceptors (Lipinski definition) is 4. The highest BCUT2D eigenvalue weighted by Gasteiger charge is 2.32. The van der Waals surface area contributed by atoms with Crippen LogP contribution in [-0.2, 0) is 4.74 Å². The van der Waals surface area contributed by atoms with Crippen LogP contribution in [0.25, 0.3) is 0 Å². The van der Waals surface area contributed by atoms with Crippen LogP contribution in [0.1, 0.15) is 17.3 Å². The van der Waals surface area contributed by atoms with Crippen molar-refractivity contribution in [2.75, 3.05) is 32.7 Å². The second-order valence-corrected chi connectivity index (χ2v) is 5.60. The molecule has 21 heavy (non-hydrogen) atoms. The molecule has 1 heterocycles. The van der Waals surface area contributed by atoms with Gasteiger partial charge in [-0.05, 0) is 19.1 Å². The molecule has 0 aromatic heterocycles. The third-order valence-electron chi connectivity index (χ3n) is 3.58. The lowest BCUT2D eigenvalue weighted by atomic mass is 10.1. The van der Waals surface area contributed by atoms with E-state index < -0.39 is 0 Å². The maximum Gasteiger partial charge on any atom is 0.261 e. The molecule has 2 rings (SSSR count). The zero-order valence-electron chi connectivity index (χ0n) is 12.5. The lowest BCUT2D eigenvalue weighted by molar-refractivity contribution is -0.0363. The minimum atomic E-state index is -0.0916. The lowest BCUT2D eigenvalue weighted by Crippen LogP contribution is -2.51. The van der Waals surface area contributed by atoms with E-state index in [4.69, 9.17) is 14.2 Å². The van der Waals surface area contributed by atoms with Crippen molar-refractivity contribution in [1.82, 2.24) is 4.90 Å². The molecule has 2 atom stereocenters. The van der Waals surface area contributed by atoms with Gasteiger partial charge in [-0.1, -0.05) is 22.0 Å². The highest BCUT2D eigenvalue weighted by molar-refractivity contribution is 9.09. The quantitative estimate of drug-likeness (QED) is 0.776. The molecule has 1 fully saturated rings. The largest absolute Gasteiger partial charge is 0.496 e. The van der Waals surface area contributed by atoms with E-state index in [0.717, 1.165) is 0 Å². The molecule has 1 aromatic carbocycles. The van der Waals surface area contributed by atoms with Gasteiger partial charge in [-0.15, -0.1) is 0 Å². The number of hydrogen-bond donors (Lipinski definition) is 0. The molecule has 1 aromatic rings. The fourth-order valence-corrected chi connectivity index (χ4v) is 2.79. The molecule has 0 aliphatic carbocycles. The summed E-state index contributed by atoms with van der Waals surface area (Å²) in [7, 11) is 3.10. The summed E-state index contributed by atoms with van der Waals surface area (Å²) < 4.78 is 16.3. The first-order valence-corrected chi connectivity index (χ1v) is 7.94. The van der Waals surface area contributed by atoms with Crippen LogP contribution in [-0.4, -0.2) is 55.7 Å². The number of ether oxygens (including phenoxy) is 3. The van der Waals surface area contributed by atoms with E-state index in [0.29, 0.717) is 35.5 Å². The molecule has 1 amide bonds. The average molecular weight is 358 g/mol. The van der Waals surface area contributed by atoms with Gasteiger partial charge >= 0.3 is 0 Å². The second-order valence-electron chi connectivity index (χ2n) is 4.95. The van der Waals surface area contributed by atoms with Gasteiger partial charge in [-0.3, -0.25) is 4.79 Å². The molecule has 2 unspecified atom stereocenters. The molecule has 6 heteroatoms. The van der Waals surface area contributed by atoms with Gasteiger partial charge in [0.2, 0.25) is 0 Å². The third kappa shape index (κ3) is 3.32. The van der Waals surface area contributed by atoms with Crippen LogP contribution in [0.5, 0.6) is 11.5 Å². The van der Waals surface area contributed by atoms with Crippen molar-refractivity contribution in [2.45, 2.75) is 19.1 Å². The van der Waals surface area contributed by atoms with Crippen LogP contribution >= 0.6 is 15.9 Å². The maximum absolute atomic E-state index is 12.9. The zero-order valence-corrected chi connectivity index (χ0v) is 14.1. The van der Waals surface area contributed by atoms with Crippen LogP contribution in [0.2, 0.25) is 0 Å². The van der Waals surface area contributed by atoms with E-state index in [9.17, 15) is 4.79 Å². The molecule has 0 spiro atoms. The summed E-state index contributed by atoms with van der Waals surface area (Å²) >= 11 is 3.41. The average Bonchev–Trinajstić information content (AvgIpc) is 2.53. The summed E-state index contributed by atoms with van der Waals surface area (Å²) in [5.74, 6) is 0.952. The van der Waals surface area contributed by atoms with Crippen LogP contribution in [0.4, 0.5) is 0 Å². The Balaban J connectivity index is 2.34. The number of methoxy groups -OCH3 is 2. The maximum atomic E-state index is 12.9. The first-order valence-electron chi connectivity index (χ1n) is 6.81. The first-order chi connectivity index (χ1) is 10.1. The summed E-state index contributed by atoms with van der Waals surface area (Å²) in [6.07, 6.45) is 0.00542.